The van der Waals surface area contributed by atoms with Gasteiger partial charge in [-0.05, 0) is 36.6 Å². The van der Waals surface area contributed by atoms with E-state index in [9.17, 15) is 4.79 Å². The lowest BCUT2D eigenvalue weighted by molar-refractivity contribution is -0.136. The van der Waals surface area contributed by atoms with E-state index in [0.29, 0.717) is 5.92 Å². The van der Waals surface area contributed by atoms with Crippen LogP contribution in [0.4, 0.5) is 0 Å². The van der Waals surface area contributed by atoms with Crippen molar-refractivity contribution in [1.29, 1.82) is 0 Å². The number of nitrogens with zero attached hydrogens (tertiary/aromatic N) is 1. The van der Waals surface area contributed by atoms with Crippen molar-refractivity contribution < 1.29 is 14.6 Å². The average Bonchev–Trinajstić information content (AvgIpc) is 2.63. The Morgan fingerprint density at radius 2 is 2.10 bits per heavy atom. The Kier molecular flexibility index (Phi) is 4.02. The fraction of sp³-hybridized carbons (Fsp3) is 0.438. The Balaban J connectivity index is 2.67. The Morgan fingerprint density at radius 3 is 2.65 bits per heavy atom. The second-order valence-electron chi connectivity index (χ2n) is 5.52. The number of carboxylic acid groups (broad SMARTS) is 1. The van der Waals surface area contributed by atoms with E-state index in [0.717, 1.165) is 34.5 Å². The van der Waals surface area contributed by atoms with Crippen LogP contribution >= 0.6 is 0 Å². The molecule has 2 aromatic rings. The molecule has 0 aliphatic carbocycles. The molecule has 20 heavy (non-hydrogen) atoms. The van der Waals surface area contributed by atoms with E-state index in [4.69, 9.17) is 9.84 Å². The number of carbonyl (C=O) groups is 1. The summed E-state index contributed by atoms with van der Waals surface area (Å²) in [4.78, 5) is 11.1. The van der Waals surface area contributed by atoms with Gasteiger partial charge in [-0.1, -0.05) is 13.8 Å². The van der Waals surface area contributed by atoms with Gasteiger partial charge in [-0.2, -0.15) is 0 Å². The standard InChI is InChI=1S/C16H21NO3/c1-10(2)9-17-11(3)13(8-16(18)19)14-7-12(20-4)5-6-15(14)17/h5-7,10H,8-9H2,1-4H3,(H,18,19). The highest BCUT2D eigenvalue weighted by atomic mass is 16.5. The second-order valence-corrected chi connectivity index (χ2v) is 5.52. The van der Waals surface area contributed by atoms with Crippen molar-refractivity contribution >= 4 is 16.9 Å². The lowest BCUT2D eigenvalue weighted by Crippen LogP contribution is -2.07. The van der Waals surface area contributed by atoms with Crippen LogP contribution in [0.1, 0.15) is 25.1 Å². The van der Waals surface area contributed by atoms with Gasteiger partial charge in [0.25, 0.3) is 0 Å². The van der Waals surface area contributed by atoms with Crippen LogP contribution in [0.2, 0.25) is 0 Å². The van der Waals surface area contributed by atoms with Crippen LogP contribution in [0.15, 0.2) is 18.2 Å². The summed E-state index contributed by atoms with van der Waals surface area (Å²) in [5, 5.41) is 10.1. The number of methoxy groups -OCH3 is 1. The largest absolute Gasteiger partial charge is 0.497 e. The monoisotopic (exact) mass is 275 g/mol. The molecule has 108 valence electrons. The summed E-state index contributed by atoms with van der Waals surface area (Å²) in [6, 6.07) is 5.86. The highest BCUT2D eigenvalue weighted by Gasteiger charge is 2.17. The van der Waals surface area contributed by atoms with E-state index < -0.39 is 5.97 Å². The quantitative estimate of drug-likeness (QED) is 0.911. The van der Waals surface area contributed by atoms with Gasteiger partial charge in [0.15, 0.2) is 0 Å². The van der Waals surface area contributed by atoms with Gasteiger partial charge in [-0.25, -0.2) is 0 Å². The summed E-state index contributed by atoms with van der Waals surface area (Å²) in [6.45, 7) is 7.19. The van der Waals surface area contributed by atoms with Gasteiger partial charge in [-0.15, -0.1) is 0 Å². The molecule has 0 spiro atoms. The number of fused-ring (bicyclic) bond motifs is 1. The van der Waals surface area contributed by atoms with Gasteiger partial charge < -0.3 is 14.4 Å². The van der Waals surface area contributed by atoms with E-state index >= 15 is 0 Å². The Bertz CT molecular complexity index is 641. The van der Waals surface area contributed by atoms with Crippen LogP contribution in [0, 0.1) is 12.8 Å². The average molecular weight is 275 g/mol. The smallest absolute Gasteiger partial charge is 0.307 e. The van der Waals surface area contributed by atoms with Crippen molar-refractivity contribution in [2.24, 2.45) is 5.92 Å². The van der Waals surface area contributed by atoms with E-state index in [1.165, 1.54) is 0 Å². The zero-order valence-electron chi connectivity index (χ0n) is 12.4. The van der Waals surface area contributed by atoms with Crippen molar-refractivity contribution in [3.63, 3.8) is 0 Å². The minimum atomic E-state index is -0.806. The topological polar surface area (TPSA) is 51.5 Å². The molecule has 0 unspecified atom stereocenters. The first-order valence-electron chi connectivity index (χ1n) is 6.81. The van der Waals surface area contributed by atoms with Crippen molar-refractivity contribution in [3.8, 4) is 5.75 Å². The first kappa shape index (κ1) is 14.4. The molecule has 1 heterocycles. The predicted molar refractivity (Wildman–Crippen MR) is 79.4 cm³/mol. The maximum Gasteiger partial charge on any atom is 0.307 e. The van der Waals surface area contributed by atoms with Gasteiger partial charge in [0, 0.05) is 23.1 Å². The molecule has 4 heteroatoms. The molecule has 0 bridgehead atoms. The van der Waals surface area contributed by atoms with Crippen LogP contribution in [-0.2, 0) is 17.8 Å². The number of ether oxygens (including phenoxy) is 1. The minimum absolute atomic E-state index is 0.0423. The first-order chi connectivity index (χ1) is 9.43. The first-order valence-corrected chi connectivity index (χ1v) is 6.81. The van der Waals surface area contributed by atoms with Crippen LogP contribution in [0.5, 0.6) is 5.75 Å². The normalized spacial score (nSPS) is 11.2. The summed E-state index contributed by atoms with van der Waals surface area (Å²) < 4.78 is 7.46. The van der Waals surface area contributed by atoms with Gasteiger partial charge in [0.05, 0.1) is 13.5 Å². The molecule has 1 aromatic heterocycles. The highest BCUT2D eigenvalue weighted by molar-refractivity contribution is 5.90. The van der Waals surface area contributed by atoms with Gasteiger partial charge in [0.2, 0.25) is 0 Å². The number of rotatable bonds is 5. The van der Waals surface area contributed by atoms with Gasteiger partial charge >= 0.3 is 5.97 Å². The molecule has 4 nitrogen and oxygen atoms in total. The summed E-state index contributed by atoms with van der Waals surface area (Å²) in [5.74, 6) is 0.453. The van der Waals surface area contributed by atoms with Crippen molar-refractivity contribution in [3.05, 3.63) is 29.5 Å². The number of carboxylic acids is 1. The zero-order valence-corrected chi connectivity index (χ0v) is 12.4. The van der Waals surface area contributed by atoms with Crippen LogP contribution < -0.4 is 4.74 Å². The fourth-order valence-electron chi connectivity index (χ4n) is 2.63. The Hall–Kier alpha value is -1.97. The Labute approximate surface area is 119 Å². The van der Waals surface area contributed by atoms with E-state index in [1.54, 1.807) is 7.11 Å². The zero-order chi connectivity index (χ0) is 14.9. The number of benzene rings is 1. The van der Waals surface area contributed by atoms with Crippen LogP contribution in [-0.4, -0.2) is 22.8 Å². The number of hydrogen-bond acceptors (Lipinski definition) is 2. The molecule has 0 aliphatic rings. The molecule has 2 rings (SSSR count). The highest BCUT2D eigenvalue weighted by Crippen LogP contribution is 2.30. The third kappa shape index (κ3) is 2.64. The summed E-state index contributed by atoms with van der Waals surface area (Å²) in [5.41, 5.74) is 2.99. The molecule has 0 aliphatic heterocycles. The lowest BCUT2D eigenvalue weighted by atomic mass is 10.1. The maximum atomic E-state index is 11.1. The number of aromatic nitrogens is 1. The van der Waals surface area contributed by atoms with E-state index in [1.807, 2.05) is 25.1 Å². The molecule has 0 amide bonds. The lowest BCUT2D eigenvalue weighted by Gasteiger charge is -2.11. The molecular weight excluding hydrogens is 254 g/mol. The molecular formula is C16H21NO3. The minimum Gasteiger partial charge on any atom is -0.497 e. The van der Waals surface area contributed by atoms with Crippen LogP contribution in [0.25, 0.3) is 10.9 Å². The van der Waals surface area contributed by atoms with Crippen LogP contribution in [0.3, 0.4) is 0 Å². The molecule has 1 aromatic carbocycles. The second kappa shape index (κ2) is 5.57. The predicted octanol–water partition coefficient (Wildman–Crippen LogP) is 3.24. The number of hydrogen-bond donors (Lipinski definition) is 1. The molecule has 0 radical (unpaired) electrons. The molecule has 0 atom stereocenters. The third-order valence-electron chi connectivity index (χ3n) is 3.54. The van der Waals surface area contributed by atoms with Gasteiger partial charge in [0.1, 0.15) is 5.75 Å². The summed E-state index contributed by atoms with van der Waals surface area (Å²) in [7, 11) is 1.62. The Morgan fingerprint density at radius 1 is 1.40 bits per heavy atom. The third-order valence-corrected chi connectivity index (χ3v) is 3.54. The van der Waals surface area contributed by atoms with Crippen molar-refractivity contribution in [1.82, 2.24) is 4.57 Å². The van der Waals surface area contributed by atoms with Gasteiger partial charge in [-0.3, -0.25) is 4.79 Å². The summed E-state index contributed by atoms with van der Waals surface area (Å²) >= 11 is 0. The van der Waals surface area contributed by atoms with E-state index in [2.05, 4.69) is 18.4 Å². The fourth-order valence-corrected chi connectivity index (χ4v) is 2.63. The molecule has 0 fully saturated rings. The molecule has 0 saturated heterocycles. The molecule has 0 saturated carbocycles. The number of aliphatic carboxylic acids is 1. The maximum absolute atomic E-state index is 11.1. The SMILES string of the molecule is COc1ccc2c(c1)c(CC(=O)O)c(C)n2CC(C)C. The van der Waals surface area contributed by atoms with Crippen molar-refractivity contribution in [2.45, 2.75) is 33.7 Å². The van der Waals surface area contributed by atoms with Crippen molar-refractivity contribution in [2.75, 3.05) is 7.11 Å². The van der Waals surface area contributed by atoms with E-state index in [-0.39, 0.29) is 6.42 Å². The summed E-state index contributed by atoms with van der Waals surface area (Å²) in [6.07, 6.45) is 0.0423. The molecule has 1 N–H and O–H groups in total.